The fourth-order valence-corrected chi connectivity index (χ4v) is 2.41. The van der Waals surface area contributed by atoms with Crippen LogP contribution in [-0.4, -0.2) is 27.1 Å². The van der Waals surface area contributed by atoms with E-state index in [1.54, 1.807) is 27.9 Å². The van der Waals surface area contributed by atoms with Crippen LogP contribution in [0.3, 0.4) is 0 Å². The molecule has 1 aromatic heterocycles. The predicted molar refractivity (Wildman–Crippen MR) is 66.4 cm³/mol. The Morgan fingerprint density at radius 1 is 1.33 bits per heavy atom. The second-order valence-corrected chi connectivity index (χ2v) is 4.51. The molecule has 0 saturated carbocycles. The van der Waals surface area contributed by atoms with Gasteiger partial charge < -0.3 is 10.0 Å². The van der Waals surface area contributed by atoms with E-state index >= 15 is 0 Å². The molecule has 18 heavy (non-hydrogen) atoms. The molecule has 6 heteroatoms. The average Bonchev–Trinajstić information content (AvgIpc) is 2.90. The van der Waals surface area contributed by atoms with Crippen LogP contribution < -0.4 is 4.90 Å². The molecule has 1 aromatic carbocycles. The minimum absolute atomic E-state index is 0.277. The van der Waals surface area contributed by atoms with E-state index in [2.05, 4.69) is 5.10 Å². The number of rotatable bonds is 2. The van der Waals surface area contributed by atoms with Crippen molar-refractivity contribution in [2.75, 3.05) is 11.4 Å². The van der Waals surface area contributed by atoms with Crippen LogP contribution in [0.4, 0.5) is 10.1 Å². The zero-order valence-electron chi connectivity index (χ0n) is 9.42. The smallest absolute Gasteiger partial charge is 0.205 e. The topological polar surface area (TPSA) is 41.3 Å². The van der Waals surface area contributed by atoms with Gasteiger partial charge in [-0.05, 0) is 24.3 Å². The van der Waals surface area contributed by atoms with Crippen LogP contribution in [0.1, 0.15) is 5.69 Å². The molecule has 0 radical (unpaired) electrons. The lowest BCUT2D eigenvalue weighted by Gasteiger charge is -2.18. The normalized spacial score (nSPS) is 15.8. The van der Waals surface area contributed by atoms with Crippen molar-refractivity contribution >= 4 is 17.3 Å². The van der Waals surface area contributed by atoms with Gasteiger partial charge in [-0.3, -0.25) is 0 Å². The molecule has 0 amide bonds. The van der Waals surface area contributed by atoms with Gasteiger partial charge in [0.25, 0.3) is 0 Å². The third-order valence-corrected chi connectivity index (χ3v) is 3.31. The van der Waals surface area contributed by atoms with Crippen molar-refractivity contribution in [3.63, 3.8) is 0 Å². The Labute approximate surface area is 108 Å². The molecular formula is C12H11ClFN3O. The Morgan fingerprint density at radius 2 is 2.06 bits per heavy atom. The number of anilines is 1. The van der Waals surface area contributed by atoms with E-state index in [9.17, 15) is 9.50 Å². The van der Waals surface area contributed by atoms with Crippen molar-refractivity contribution in [3.8, 4) is 5.69 Å². The number of alkyl halides is 1. The van der Waals surface area contributed by atoms with E-state index in [-0.39, 0.29) is 5.82 Å². The van der Waals surface area contributed by atoms with Gasteiger partial charge in [0.05, 0.1) is 23.3 Å². The maximum absolute atomic E-state index is 12.9. The second kappa shape index (κ2) is 4.26. The average molecular weight is 268 g/mol. The van der Waals surface area contributed by atoms with Crippen molar-refractivity contribution in [1.29, 1.82) is 0 Å². The highest BCUT2D eigenvalue weighted by atomic mass is 35.5. The van der Waals surface area contributed by atoms with Crippen LogP contribution in [-0.2, 0) is 6.42 Å². The molecule has 0 saturated heterocycles. The number of halogens is 2. The number of aliphatic hydroxyl groups is 1. The van der Waals surface area contributed by atoms with E-state index in [1.807, 2.05) is 0 Å². The SMILES string of the molecule is OC(Cl)N1CCc2c1cnn2-c1ccc(F)cc1. The third kappa shape index (κ3) is 1.76. The summed E-state index contributed by atoms with van der Waals surface area (Å²) in [6, 6.07) is 6.13. The molecule has 2 aromatic rings. The molecule has 4 nitrogen and oxygen atoms in total. The summed E-state index contributed by atoms with van der Waals surface area (Å²) < 4.78 is 14.6. The van der Waals surface area contributed by atoms with Gasteiger partial charge in [-0.1, -0.05) is 11.6 Å². The highest BCUT2D eigenvalue weighted by Gasteiger charge is 2.27. The standard InChI is InChI=1S/C12H11ClFN3O/c13-12(18)16-6-5-10-11(16)7-15-17(10)9-3-1-8(14)2-4-9/h1-4,7,12,18H,5-6H2. The molecule has 3 rings (SSSR count). The monoisotopic (exact) mass is 267 g/mol. The number of hydrogen-bond donors (Lipinski definition) is 1. The van der Waals surface area contributed by atoms with E-state index in [4.69, 9.17) is 11.6 Å². The lowest BCUT2D eigenvalue weighted by molar-refractivity contribution is 0.252. The van der Waals surface area contributed by atoms with Crippen LogP contribution >= 0.6 is 11.6 Å². The van der Waals surface area contributed by atoms with Gasteiger partial charge in [0.2, 0.25) is 5.69 Å². The van der Waals surface area contributed by atoms with E-state index < -0.39 is 5.69 Å². The number of benzene rings is 1. The van der Waals surface area contributed by atoms with Gasteiger partial charge >= 0.3 is 0 Å². The summed E-state index contributed by atoms with van der Waals surface area (Å²) in [5, 5.41) is 13.7. The molecule has 1 aliphatic rings. The lowest BCUT2D eigenvalue weighted by atomic mass is 10.3. The Balaban J connectivity index is 2.01. The molecule has 94 valence electrons. The molecule has 0 aliphatic carbocycles. The summed E-state index contributed by atoms with van der Waals surface area (Å²) in [6.45, 7) is 0.652. The first-order chi connectivity index (χ1) is 8.66. The first kappa shape index (κ1) is 11.5. The third-order valence-electron chi connectivity index (χ3n) is 3.07. The van der Waals surface area contributed by atoms with E-state index in [0.29, 0.717) is 6.54 Å². The van der Waals surface area contributed by atoms with Crippen molar-refractivity contribution in [3.05, 3.63) is 42.0 Å². The van der Waals surface area contributed by atoms with Gasteiger partial charge in [-0.15, -0.1) is 0 Å². The predicted octanol–water partition coefficient (Wildman–Crippen LogP) is 1.89. The maximum atomic E-state index is 12.9. The second-order valence-electron chi connectivity index (χ2n) is 4.12. The fraction of sp³-hybridized carbons (Fsp3) is 0.250. The summed E-state index contributed by atoms with van der Waals surface area (Å²) in [4.78, 5) is 1.67. The number of nitrogens with zero attached hydrogens (tertiary/aromatic N) is 3. The van der Waals surface area contributed by atoms with Gasteiger partial charge in [0.15, 0.2) is 0 Å². The highest BCUT2D eigenvalue weighted by Crippen LogP contribution is 2.31. The summed E-state index contributed by atoms with van der Waals surface area (Å²) in [7, 11) is 0. The summed E-state index contributed by atoms with van der Waals surface area (Å²) in [5.41, 5.74) is 1.55. The number of hydrogen-bond acceptors (Lipinski definition) is 3. The van der Waals surface area contributed by atoms with Gasteiger partial charge in [-0.25, -0.2) is 9.07 Å². The van der Waals surface area contributed by atoms with Crippen LogP contribution in [0.25, 0.3) is 5.69 Å². The molecule has 2 heterocycles. The molecule has 0 fully saturated rings. The molecule has 1 aliphatic heterocycles. The van der Waals surface area contributed by atoms with Crippen LogP contribution in [0.15, 0.2) is 30.5 Å². The fourth-order valence-electron chi connectivity index (χ4n) is 2.21. The molecule has 0 bridgehead atoms. The van der Waals surface area contributed by atoms with Crippen LogP contribution in [0.2, 0.25) is 0 Å². The van der Waals surface area contributed by atoms with Crippen molar-refractivity contribution in [2.24, 2.45) is 0 Å². The first-order valence-corrected chi connectivity index (χ1v) is 6.02. The minimum atomic E-state index is -1.04. The minimum Gasteiger partial charge on any atom is -0.361 e. The summed E-state index contributed by atoms with van der Waals surface area (Å²) in [5.74, 6) is -0.277. The van der Waals surface area contributed by atoms with E-state index in [0.717, 1.165) is 23.5 Å². The Hall–Kier alpha value is -1.59. The van der Waals surface area contributed by atoms with E-state index in [1.165, 1.54) is 12.1 Å². The van der Waals surface area contributed by atoms with Crippen molar-refractivity contribution < 1.29 is 9.50 Å². The quantitative estimate of drug-likeness (QED) is 0.667. The Kier molecular flexibility index (Phi) is 2.72. The molecule has 1 atom stereocenters. The number of fused-ring (bicyclic) bond motifs is 1. The summed E-state index contributed by atoms with van der Waals surface area (Å²) in [6.07, 6.45) is 2.41. The number of aliphatic hydroxyl groups excluding tert-OH is 1. The summed E-state index contributed by atoms with van der Waals surface area (Å²) >= 11 is 5.68. The van der Waals surface area contributed by atoms with Gasteiger partial charge in [-0.2, -0.15) is 5.10 Å². The van der Waals surface area contributed by atoms with Crippen LogP contribution in [0.5, 0.6) is 0 Å². The largest absolute Gasteiger partial charge is 0.361 e. The Morgan fingerprint density at radius 3 is 2.72 bits per heavy atom. The van der Waals surface area contributed by atoms with Crippen molar-refractivity contribution in [1.82, 2.24) is 9.78 Å². The molecule has 0 spiro atoms. The molecule has 1 unspecified atom stereocenters. The zero-order chi connectivity index (χ0) is 12.7. The Bertz CT molecular complexity index is 567. The molecular weight excluding hydrogens is 257 g/mol. The first-order valence-electron chi connectivity index (χ1n) is 5.58. The van der Waals surface area contributed by atoms with Crippen LogP contribution in [0, 0.1) is 5.82 Å². The van der Waals surface area contributed by atoms with Crippen molar-refractivity contribution in [2.45, 2.75) is 12.1 Å². The van der Waals surface area contributed by atoms with Gasteiger partial charge in [0, 0.05) is 13.0 Å². The lowest BCUT2D eigenvalue weighted by Crippen LogP contribution is -2.28. The zero-order valence-corrected chi connectivity index (χ0v) is 10.2. The highest BCUT2D eigenvalue weighted by molar-refractivity contribution is 6.20. The maximum Gasteiger partial charge on any atom is 0.205 e. The molecule has 1 N–H and O–H groups in total. The van der Waals surface area contributed by atoms with Gasteiger partial charge in [0.1, 0.15) is 5.82 Å². The number of aromatic nitrogens is 2.